The van der Waals surface area contributed by atoms with E-state index in [1.165, 1.54) is 4.90 Å². The first-order chi connectivity index (χ1) is 9.04. The molecule has 0 radical (unpaired) electrons. The van der Waals surface area contributed by atoms with Crippen molar-refractivity contribution in [3.63, 3.8) is 0 Å². The van der Waals surface area contributed by atoms with E-state index in [2.05, 4.69) is 9.97 Å². The van der Waals surface area contributed by atoms with E-state index in [4.69, 9.17) is 10.2 Å². The molecule has 3 N–H and O–H groups in total. The van der Waals surface area contributed by atoms with Gasteiger partial charge < -0.3 is 15.2 Å². The predicted octanol–water partition coefficient (Wildman–Crippen LogP) is 0.534. The molecule has 0 aliphatic carbocycles. The van der Waals surface area contributed by atoms with Gasteiger partial charge in [0.25, 0.3) is 0 Å². The highest BCUT2D eigenvalue weighted by atomic mass is 16.4. The maximum atomic E-state index is 10.7. The number of hydrogen-bond acceptors (Lipinski definition) is 4. The van der Waals surface area contributed by atoms with Gasteiger partial charge >= 0.3 is 11.9 Å². The molecule has 0 aliphatic rings. The van der Waals surface area contributed by atoms with Crippen LogP contribution in [-0.2, 0) is 16.1 Å². The van der Waals surface area contributed by atoms with Crippen LogP contribution in [-0.4, -0.2) is 50.1 Å². The SMILES string of the molecule is O=C(O)CN(CC(=O)O)Cc1nc2ccccc2[nH]1. The van der Waals surface area contributed by atoms with E-state index < -0.39 is 11.9 Å². The third-order valence-electron chi connectivity index (χ3n) is 2.53. The molecule has 2 rings (SSSR count). The standard InChI is InChI=1S/C12H13N3O4/c16-11(17)6-15(7-12(18)19)5-10-13-8-3-1-2-4-9(8)14-10/h1-4H,5-7H2,(H,13,14)(H,16,17)(H,18,19). The van der Waals surface area contributed by atoms with Crippen LogP contribution < -0.4 is 0 Å². The van der Waals surface area contributed by atoms with Crippen molar-refractivity contribution in [1.82, 2.24) is 14.9 Å². The third-order valence-corrected chi connectivity index (χ3v) is 2.53. The number of rotatable bonds is 6. The molecule has 7 heteroatoms. The Balaban J connectivity index is 2.15. The lowest BCUT2D eigenvalue weighted by molar-refractivity contribution is -0.142. The van der Waals surface area contributed by atoms with Crippen LogP contribution in [0, 0.1) is 0 Å². The number of para-hydroxylation sites is 2. The fourth-order valence-electron chi connectivity index (χ4n) is 1.84. The number of H-pyrrole nitrogens is 1. The summed E-state index contributed by atoms with van der Waals surface area (Å²) in [6.07, 6.45) is 0. The van der Waals surface area contributed by atoms with Gasteiger partial charge in [0.05, 0.1) is 30.7 Å². The van der Waals surface area contributed by atoms with Gasteiger partial charge in [-0.15, -0.1) is 0 Å². The van der Waals surface area contributed by atoms with Gasteiger partial charge in [0, 0.05) is 0 Å². The van der Waals surface area contributed by atoms with Crippen LogP contribution in [0.25, 0.3) is 11.0 Å². The number of nitrogens with zero attached hydrogens (tertiary/aromatic N) is 2. The topological polar surface area (TPSA) is 107 Å². The average Bonchev–Trinajstić information content (AvgIpc) is 2.68. The van der Waals surface area contributed by atoms with Gasteiger partial charge in [-0.1, -0.05) is 12.1 Å². The van der Waals surface area contributed by atoms with Crippen molar-refractivity contribution in [2.75, 3.05) is 13.1 Å². The second kappa shape index (κ2) is 5.49. The fraction of sp³-hybridized carbons (Fsp3) is 0.250. The molecule has 19 heavy (non-hydrogen) atoms. The zero-order valence-corrected chi connectivity index (χ0v) is 10.0. The highest BCUT2D eigenvalue weighted by Gasteiger charge is 2.15. The van der Waals surface area contributed by atoms with Crippen molar-refractivity contribution >= 4 is 23.0 Å². The average molecular weight is 263 g/mol. The summed E-state index contributed by atoms with van der Waals surface area (Å²) < 4.78 is 0. The minimum Gasteiger partial charge on any atom is -0.480 e. The predicted molar refractivity (Wildman–Crippen MR) is 66.6 cm³/mol. The summed E-state index contributed by atoms with van der Waals surface area (Å²) in [5.74, 6) is -1.60. The third kappa shape index (κ3) is 3.52. The summed E-state index contributed by atoms with van der Waals surface area (Å²) in [6, 6.07) is 7.38. The van der Waals surface area contributed by atoms with Crippen LogP contribution in [0.1, 0.15) is 5.82 Å². The summed E-state index contributed by atoms with van der Waals surface area (Å²) in [7, 11) is 0. The van der Waals surface area contributed by atoms with Crippen LogP contribution in [0.15, 0.2) is 24.3 Å². The molecular formula is C12H13N3O4. The number of hydrogen-bond donors (Lipinski definition) is 3. The first-order valence-corrected chi connectivity index (χ1v) is 5.64. The van der Waals surface area contributed by atoms with E-state index in [0.717, 1.165) is 11.0 Å². The number of benzene rings is 1. The fourth-order valence-corrected chi connectivity index (χ4v) is 1.84. The quantitative estimate of drug-likeness (QED) is 0.702. The van der Waals surface area contributed by atoms with Crippen molar-refractivity contribution in [3.05, 3.63) is 30.1 Å². The van der Waals surface area contributed by atoms with Gasteiger partial charge in [-0.3, -0.25) is 14.5 Å². The van der Waals surface area contributed by atoms with E-state index in [0.29, 0.717) is 5.82 Å². The molecule has 0 amide bonds. The molecule has 100 valence electrons. The van der Waals surface area contributed by atoms with E-state index in [9.17, 15) is 9.59 Å². The van der Waals surface area contributed by atoms with Crippen LogP contribution >= 0.6 is 0 Å². The molecule has 1 aromatic heterocycles. The first-order valence-electron chi connectivity index (χ1n) is 5.64. The molecule has 0 saturated heterocycles. The minimum atomic E-state index is -1.07. The lowest BCUT2D eigenvalue weighted by Crippen LogP contribution is -2.34. The van der Waals surface area contributed by atoms with Gasteiger partial charge in [0.2, 0.25) is 0 Å². The van der Waals surface area contributed by atoms with Crippen molar-refractivity contribution in [3.8, 4) is 0 Å². The van der Waals surface area contributed by atoms with Crippen LogP contribution in [0.4, 0.5) is 0 Å². The van der Waals surface area contributed by atoms with E-state index in [-0.39, 0.29) is 19.6 Å². The first kappa shape index (κ1) is 13.0. The Labute approximate surface area is 108 Å². The highest BCUT2D eigenvalue weighted by molar-refractivity contribution is 5.75. The van der Waals surface area contributed by atoms with Gasteiger partial charge in [-0.25, -0.2) is 4.98 Å². The molecule has 0 spiro atoms. The molecule has 0 fully saturated rings. The van der Waals surface area contributed by atoms with Crippen LogP contribution in [0.2, 0.25) is 0 Å². The monoisotopic (exact) mass is 263 g/mol. The molecule has 0 aliphatic heterocycles. The minimum absolute atomic E-state index is 0.146. The highest BCUT2D eigenvalue weighted by Crippen LogP contribution is 2.11. The number of carboxylic acid groups (broad SMARTS) is 2. The van der Waals surface area contributed by atoms with Gasteiger partial charge in [0.1, 0.15) is 5.82 Å². The summed E-state index contributed by atoms with van der Waals surface area (Å²) in [5.41, 5.74) is 1.60. The Morgan fingerprint density at radius 1 is 1.16 bits per heavy atom. The molecular weight excluding hydrogens is 250 g/mol. The van der Waals surface area contributed by atoms with Crippen molar-refractivity contribution < 1.29 is 19.8 Å². The second-order valence-corrected chi connectivity index (χ2v) is 4.13. The van der Waals surface area contributed by atoms with Crippen molar-refractivity contribution in [2.24, 2.45) is 0 Å². The Morgan fingerprint density at radius 2 is 1.79 bits per heavy atom. The summed E-state index contributed by atoms with van der Waals surface area (Å²) in [5, 5.41) is 17.5. The van der Waals surface area contributed by atoms with E-state index in [1.54, 1.807) is 0 Å². The molecule has 0 unspecified atom stereocenters. The number of carbonyl (C=O) groups is 2. The molecule has 0 atom stereocenters. The van der Waals surface area contributed by atoms with E-state index >= 15 is 0 Å². The summed E-state index contributed by atoms with van der Waals surface area (Å²) in [6.45, 7) is -0.542. The molecule has 7 nitrogen and oxygen atoms in total. The Hall–Kier alpha value is -2.41. The zero-order valence-electron chi connectivity index (χ0n) is 10.0. The Bertz CT molecular complexity index is 559. The number of aromatic amines is 1. The number of imidazole rings is 1. The Kier molecular flexibility index (Phi) is 3.76. The molecule has 0 saturated carbocycles. The van der Waals surface area contributed by atoms with Crippen molar-refractivity contribution in [2.45, 2.75) is 6.54 Å². The summed E-state index contributed by atoms with van der Waals surface area (Å²) in [4.78, 5) is 30.0. The molecule has 2 aromatic rings. The van der Waals surface area contributed by atoms with Crippen LogP contribution in [0.3, 0.4) is 0 Å². The van der Waals surface area contributed by atoms with E-state index in [1.807, 2.05) is 24.3 Å². The lowest BCUT2D eigenvalue weighted by Gasteiger charge is -2.15. The van der Waals surface area contributed by atoms with Crippen LogP contribution in [0.5, 0.6) is 0 Å². The number of carboxylic acids is 2. The Morgan fingerprint density at radius 3 is 2.37 bits per heavy atom. The lowest BCUT2D eigenvalue weighted by atomic mass is 10.3. The molecule has 1 aromatic carbocycles. The number of nitrogens with one attached hydrogen (secondary N) is 1. The number of aliphatic carboxylic acids is 2. The molecule has 0 bridgehead atoms. The van der Waals surface area contributed by atoms with Gasteiger partial charge in [0.15, 0.2) is 0 Å². The van der Waals surface area contributed by atoms with Gasteiger partial charge in [-0.05, 0) is 12.1 Å². The smallest absolute Gasteiger partial charge is 0.317 e. The maximum Gasteiger partial charge on any atom is 0.317 e. The van der Waals surface area contributed by atoms with Crippen molar-refractivity contribution in [1.29, 1.82) is 0 Å². The largest absolute Gasteiger partial charge is 0.480 e. The molecule has 1 heterocycles. The van der Waals surface area contributed by atoms with Gasteiger partial charge in [-0.2, -0.15) is 0 Å². The maximum absolute atomic E-state index is 10.7. The zero-order chi connectivity index (χ0) is 13.8. The summed E-state index contributed by atoms with van der Waals surface area (Å²) >= 11 is 0. The second-order valence-electron chi connectivity index (χ2n) is 4.13. The normalized spacial score (nSPS) is 11.0. The number of fused-ring (bicyclic) bond motifs is 1. The number of aromatic nitrogens is 2.